The lowest BCUT2D eigenvalue weighted by Crippen LogP contribution is -2.48. The van der Waals surface area contributed by atoms with Crippen molar-refractivity contribution in [3.05, 3.63) is 60.4 Å². The number of benzene rings is 1. The molecule has 2 heterocycles. The largest absolute Gasteiger partial charge is 0.351 e. The van der Waals surface area contributed by atoms with Gasteiger partial charge in [0.15, 0.2) is 0 Å². The van der Waals surface area contributed by atoms with Gasteiger partial charge in [0, 0.05) is 36.4 Å². The summed E-state index contributed by atoms with van der Waals surface area (Å²) in [6, 6.07) is 14.7. The van der Waals surface area contributed by atoms with E-state index >= 15 is 0 Å². The molecule has 1 aliphatic heterocycles. The highest BCUT2D eigenvalue weighted by Gasteiger charge is 2.21. The van der Waals surface area contributed by atoms with Crippen LogP contribution in [0.5, 0.6) is 0 Å². The lowest BCUT2D eigenvalue weighted by atomic mass is 10.0. The number of piperidine rings is 1. The van der Waals surface area contributed by atoms with Crippen LogP contribution in [0.25, 0.3) is 0 Å². The van der Waals surface area contributed by atoms with E-state index in [0.717, 1.165) is 43.8 Å². The van der Waals surface area contributed by atoms with E-state index in [-0.39, 0.29) is 11.9 Å². The molecular weight excluding hydrogens is 330 g/mol. The molecule has 1 N–H and O–H groups in total. The lowest BCUT2D eigenvalue weighted by Gasteiger charge is -2.33. The number of nitrogens with zero attached hydrogens (tertiary/aromatic N) is 2. The highest BCUT2D eigenvalue weighted by atomic mass is 32.2. The predicted molar refractivity (Wildman–Crippen MR) is 103 cm³/mol. The van der Waals surface area contributed by atoms with Crippen molar-refractivity contribution in [1.29, 1.82) is 0 Å². The van der Waals surface area contributed by atoms with Gasteiger partial charge >= 0.3 is 0 Å². The summed E-state index contributed by atoms with van der Waals surface area (Å²) in [6.45, 7) is 3.14. The Hall–Kier alpha value is -1.85. The minimum atomic E-state index is 0.122. The quantitative estimate of drug-likeness (QED) is 0.776. The molecule has 0 aliphatic carbocycles. The lowest BCUT2D eigenvalue weighted by molar-refractivity contribution is -0.119. The third-order valence-electron chi connectivity index (χ3n) is 4.45. The Morgan fingerprint density at radius 3 is 2.80 bits per heavy atom. The summed E-state index contributed by atoms with van der Waals surface area (Å²) in [5.74, 6) is 0.585. The van der Waals surface area contributed by atoms with Crippen LogP contribution in [-0.2, 0) is 11.2 Å². The van der Waals surface area contributed by atoms with E-state index in [1.54, 1.807) is 24.2 Å². The zero-order valence-corrected chi connectivity index (χ0v) is 15.3. The number of pyridine rings is 1. The molecule has 0 spiro atoms. The maximum Gasteiger partial charge on any atom is 0.230 e. The van der Waals surface area contributed by atoms with Gasteiger partial charge in [-0.1, -0.05) is 30.3 Å². The number of carbonyl (C=O) groups excluding carboxylic acids is 1. The van der Waals surface area contributed by atoms with Crippen molar-refractivity contribution < 1.29 is 4.79 Å². The predicted octanol–water partition coefficient (Wildman–Crippen LogP) is 3.00. The van der Waals surface area contributed by atoms with Crippen LogP contribution < -0.4 is 5.32 Å². The second kappa shape index (κ2) is 9.59. The Kier molecular flexibility index (Phi) is 6.89. The Labute approximate surface area is 154 Å². The fourth-order valence-corrected chi connectivity index (χ4v) is 3.86. The summed E-state index contributed by atoms with van der Waals surface area (Å²) < 4.78 is 0. The fraction of sp³-hybridized carbons (Fsp3) is 0.400. The second-order valence-corrected chi connectivity index (χ2v) is 7.46. The molecule has 1 unspecified atom stereocenters. The number of amides is 1. The molecular formula is C20H25N3OS. The molecule has 1 amide bonds. The summed E-state index contributed by atoms with van der Waals surface area (Å²) in [4.78, 5) is 19.8. The van der Waals surface area contributed by atoms with E-state index in [0.29, 0.717) is 5.75 Å². The van der Waals surface area contributed by atoms with E-state index in [1.807, 2.05) is 12.1 Å². The molecule has 4 nitrogen and oxygen atoms in total. The first-order valence-electron chi connectivity index (χ1n) is 8.88. The van der Waals surface area contributed by atoms with Gasteiger partial charge in [0.2, 0.25) is 5.91 Å². The van der Waals surface area contributed by atoms with E-state index in [9.17, 15) is 4.79 Å². The average molecular weight is 356 g/mol. The molecule has 0 bridgehead atoms. The van der Waals surface area contributed by atoms with Crippen LogP contribution in [0.2, 0.25) is 0 Å². The number of likely N-dealkylation sites (tertiary alicyclic amines) is 1. The third kappa shape index (κ3) is 6.18. The van der Waals surface area contributed by atoms with Gasteiger partial charge in [-0.3, -0.25) is 9.78 Å². The van der Waals surface area contributed by atoms with Gasteiger partial charge in [0.1, 0.15) is 0 Å². The molecule has 0 radical (unpaired) electrons. The minimum Gasteiger partial charge on any atom is -0.351 e. The van der Waals surface area contributed by atoms with E-state index in [1.165, 1.54) is 5.56 Å². The van der Waals surface area contributed by atoms with Gasteiger partial charge < -0.3 is 10.2 Å². The van der Waals surface area contributed by atoms with Crippen molar-refractivity contribution in [2.45, 2.75) is 30.2 Å². The second-order valence-electron chi connectivity index (χ2n) is 6.41. The number of hydrogen-bond acceptors (Lipinski definition) is 4. The molecule has 1 fully saturated rings. The monoisotopic (exact) mass is 355 g/mol. The molecule has 132 valence electrons. The average Bonchev–Trinajstić information content (AvgIpc) is 2.67. The van der Waals surface area contributed by atoms with Gasteiger partial charge in [-0.15, -0.1) is 11.8 Å². The molecule has 1 aliphatic rings. The normalized spacial score (nSPS) is 18.0. The van der Waals surface area contributed by atoms with Gasteiger partial charge in [0.05, 0.1) is 5.75 Å². The molecule has 0 saturated carbocycles. The van der Waals surface area contributed by atoms with Crippen LogP contribution in [0.15, 0.2) is 59.8 Å². The molecule has 1 aromatic heterocycles. The Morgan fingerprint density at radius 2 is 2.00 bits per heavy atom. The van der Waals surface area contributed by atoms with Crippen molar-refractivity contribution in [2.24, 2.45) is 0 Å². The number of aromatic nitrogens is 1. The smallest absolute Gasteiger partial charge is 0.230 e. The van der Waals surface area contributed by atoms with Crippen molar-refractivity contribution >= 4 is 17.7 Å². The molecule has 1 aromatic carbocycles. The summed E-state index contributed by atoms with van der Waals surface area (Å²) in [5, 5.41) is 3.20. The summed E-state index contributed by atoms with van der Waals surface area (Å²) in [7, 11) is 0. The van der Waals surface area contributed by atoms with Gasteiger partial charge in [-0.05, 0) is 43.5 Å². The van der Waals surface area contributed by atoms with Gasteiger partial charge in [0.25, 0.3) is 0 Å². The standard InChI is InChI=1S/C20H25N3OS/c24-20(16-25-19-8-11-21-12-9-19)22-18-7-4-13-23(15-18)14-10-17-5-2-1-3-6-17/h1-3,5-6,8-9,11-12,18H,4,7,10,13-16H2,(H,22,24). The Bertz CT molecular complexity index is 651. The van der Waals surface area contributed by atoms with Gasteiger partial charge in [-0.25, -0.2) is 0 Å². The topological polar surface area (TPSA) is 45.2 Å². The van der Waals surface area contributed by atoms with Crippen molar-refractivity contribution in [3.8, 4) is 0 Å². The van der Waals surface area contributed by atoms with Crippen LogP contribution in [-0.4, -0.2) is 47.2 Å². The van der Waals surface area contributed by atoms with Crippen LogP contribution in [0.4, 0.5) is 0 Å². The number of thioether (sulfide) groups is 1. The van der Waals surface area contributed by atoms with E-state index in [4.69, 9.17) is 0 Å². The van der Waals surface area contributed by atoms with Crippen molar-refractivity contribution in [3.63, 3.8) is 0 Å². The highest BCUT2D eigenvalue weighted by Crippen LogP contribution is 2.16. The first-order chi connectivity index (χ1) is 12.3. The molecule has 1 atom stereocenters. The maximum atomic E-state index is 12.2. The molecule has 1 saturated heterocycles. The zero-order chi connectivity index (χ0) is 17.3. The van der Waals surface area contributed by atoms with Crippen LogP contribution in [0.1, 0.15) is 18.4 Å². The maximum absolute atomic E-state index is 12.2. The molecule has 25 heavy (non-hydrogen) atoms. The van der Waals surface area contributed by atoms with Crippen molar-refractivity contribution in [2.75, 3.05) is 25.4 Å². The van der Waals surface area contributed by atoms with Crippen molar-refractivity contribution in [1.82, 2.24) is 15.2 Å². The molecule has 5 heteroatoms. The Balaban J connectivity index is 1.39. The summed E-state index contributed by atoms with van der Waals surface area (Å²) in [5.41, 5.74) is 1.38. The van der Waals surface area contributed by atoms with Gasteiger partial charge in [-0.2, -0.15) is 0 Å². The highest BCUT2D eigenvalue weighted by molar-refractivity contribution is 8.00. The number of rotatable bonds is 7. The van der Waals surface area contributed by atoms with E-state index in [2.05, 4.69) is 45.5 Å². The number of hydrogen-bond donors (Lipinski definition) is 1. The van der Waals surface area contributed by atoms with Crippen LogP contribution in [0.3, 0.4) is 0 Å². The minimum absolute atomic E-state index is 0.122. The first-order valence-corrected chi connectivity index (χ1v) is 9.86. The summed E-state index contributed by atoms with van der Waals surface area (Å²) in [6.07, 6.45) is 6.81. The number of carbonyl (C=O) groups is 1. The Morgan fingerprint density at radius 1 is 1.20 bits per heavy atom. The molecule has 3 rings (SSSR count). The first kappa shape index (κ1) is 18.0. The summed E-state index contributed by atoms with van der Waals surface area (Å²) >= 11 is 1.56. The zero-order valence-electron chi connectivity index (χ0n) is 14.4. The third-order valence-corrected chi connectivity index (χ3v) is 5.46. The van der Waals surface area contributed by atoms with E-state index < -0.39 is 0 Å². The van der Waals surface area contributed by atoms with Crippen LogP contribution in [0, 0.1) is 0 Å². The SMILES string of the molecule is O=C(CSc1ccncc1)NC1CCCN(CCc2ccccc2)C1. The fourth-order valence-electron chi connectivity index (χ4n) is 3.16. The molecule has 2 aromatic rings. The number of nitrogens with one attached hydrogen (secondary N) is 1. The van der Waals surface area contributed by atoms with Crippen LogP contribution >= 0.6 is 11.8 Å².